The van der Waals surface area contributed by atoms with Crippen LogP contribution in [0.3, 0.4) is 0 Å². The maximum absolute atomic E-state index is 13.9. The molecule has 3 aromatic carbocycles. The van der Waals surface area contributed by atoms with Crippen LogP contribution in [0.1, 0.15) is 11.1 Å². The van der Waals surface area contributed by atoms with E-state index in [9.17, 15) is 18.8 Å². The minimum Gasteiger partial charge on any atom is -0.354 e. The van der Waals surface area contributed by atoms with E-state index in [-0.39, 0.29) is 30.0 Å². The van der Waals surface area contributed by atoms with Gasteiger partial charge in [-0.2, -0.15) is 0 Å². The first-order chi connectivity index (χ1) is 16.5. The van der Waals surface area contributed by atoms with Gasteiger partial charge in [-0.3, -0.25) is 24.2 Å². The summed E-state index contributed by atoms with van der Waals surface area (Å²) in [4.78, 5) is 41.1. The Morgan fingerprint density at radius 2 is 1.68 bits per heavy atom. The molecule has 6 nitrogen and oxygen atoms in total. The molecule has 2 aliphatic rings. The number of thioether (sulfide) groups is 1. The maximum Gasteiger partial charge on any atom is 0.269 e. The van der Waals surface area contributed by atoms with Crippen molar-refractivity contribution in [3.63, 3.8) is 0 Å². The summed E-state index contributed by atoms with van der Waals surface area (Å²) in [5, 5.41) is 2.88. The van der Waals surface area contributed by atoms with Crippen molar-refractivity contribution in [2.45, 2.75) is 11.3 Å². The van der Waals surface area contributed by atoms with E-state index in [4.69, 9.17) is 0 Å². The fourth-order valence-electron chi connectivity index (χ4n) is 4.49. The normalized spacial score (nSPS) is 19.1. The molecule has 5 rings (SSSR count). The molecule has 0 saturated carbocycles. The smallest absolute Gasteiger partial charge is 0.269 e. The molecule has 0 aliphatic carbocycles. The van der Waals surface area contributed by atoms with Gasteiger partial charge in [-0.25, -0.2) is 4.39 Å². The van der Waals surface area contributed by atoms with Gasteiger partial charge in [0, 0.05) is 17.8 Å². The SMILES string of the molecule is O=C(CN1C(=O)[C@]2(SCC(=O)N2c2ccc(F)cc2)c2ccccc21)NCCc1ccccc1. The first-order valence-corrected chi connectivity index (χ1v) is 11.9. The van der Waals surface area contributed by atoms with Crippen LogP contribution in [-0.4, -0.2) is 36.6 Å². The molecule has 1 atom stereocenters. The van der Waals surface area contributed by atoms with E-state index in [1.54, 1.807) is 12.1 Å². The molecule has 3 amide bonds. The Morgan fingerprint density at radius 3 is 2.44 bits per heavy atom. The number of carbonyl (C=O) groups excluding carboxylic acids is 3. The highest BCUT2D eigenvalue weighted by Crippen LogP contribution is 2.55. The van der Waals surface area contributed by atoms with Crippen LogP contribution in [0, 0.1) is 5.82 Å². The van der Waals surface area contributed by atoms with Crippen molar-refractivity contribution >= 4 is 40.9 Å². The molecular weight excluding hydrogens is 453 g/mol. The monoisotopic (exact) mass is 475 g/mol. The summed E-state index contributed by atoms with van der Waals surface area (Å²) in [6, 6.07) is 22.6. The summed E-state index contributed by atoms with van der Waals surface area (Å²) in [5.41, 5.74) is 2.80. The lowest BCUT2D eigenvalue weighted by molar-refractivity contribution is -0.125. The lowest BCUT2D eigenvalue weighted by Gasteiger charge is -2.33. The fourth-order valence-corrected chi connectivity index (χ4v) is 5.85. The van der Waals surface area contributed by atoms with Gasteiger partial charge in [0.1, 0.15) is 12.4 Å². The van der Waals surface area contributed by atoms with E-state index in [0.717, 1.165) is 5.56 Å². The Kier molecular flexibility index (Phi) is 5.83. The van der Waals surface area contributed by atoms with Gasteiger partial charge < -0.3 is 5.32 Å². The van der Waals surface area contributed by atoms with Gasteiger partial charge in [-0.1, -0.05) is 48.5 Å². The number of hydrogen-bond donors (Lipinski definition) is 1. The number of rotatable bonds is 6. The number of benzene rings is 3. The number of fused-ring (bicyclic) bond motifs is 2. The second-order valence-corrected chi connectivity index (χ2v) is 9.30. The van der Waals surface area contributed by atoms with Gasteiger partial charge >= 0.3 is 0 Å². The van der Waals surface area contributed by atoms with E-state index in [1.165, 1.54) is 45.8 Å². The Bertz CT molecular complexity index is 1250. The van der Waals surface area contributed by atoms with E-state index >= 15 is 0 Å². The van der Waals surface area contributed by atoms with Gasteiger partial charge in [0.05, 0.1) is 11.4 Å². The number of amides is 3. The summed E-state index contributed by atoms with van der Waals surface area (Å²) >= 11 is 1.22. The van der Waals surface area contributed by atoms with Gasteiger partial charge in [0.25, 0.3) is 5.91 Å². The van der Waals surface area contributed by atoms with Crippen molar-refractivity contribution in [2.75, 3.05) is 28.6 Å². The minimum absolute atomic E-state index is 0.106. The quantitative estimate of drug-likeness (QED) is 0.593. The topological polar surface area (TPSA) is 69.7 Å². The third-order valence-electron chi connectivity index (χ3n) is 6.03. The average Bonchev–Trinajstić information content (AvgIpc) is 3.31. The summed E-state index contributed by atoms with van der Waals surface area (Å²) in [6.45, 7) is 0.297. The molecule has 1 saturated heterocycles. The molecule has 8 heteroatoms. The lowest BCUT2D eigenvalue weighted by atomic mass is 10.0. The van der Waals surface area contributed by atoms with Crippen molar-refractivity contribution in [2.24, 2.45) is 0 Å². The summed E-state index contributed by atoms with van der Waals surface area (Å²) < 4.78 is 13.5. The lowest BCUT2D eigenvalue weighted by Crippen LogP contribution is -2.51. The van der Waals surface area contributed by atoms with E-state index < -0.39 is 10.7 Å². The molecule has 0 aromatic heterocycles. The van der Waals surface area contributed by atoms with E-state index in [2.05, 4.69) is 5.32 Å². The number of carbonyl (C=O) groups is 3. The number of nitrogens with one attached hydrogen (secondary N) is 1. The average molecular weight is 476 g/mol. The molecule has 172 valence electrons. The fraction of sp³-hybridized carbons (Fsp3) is 0.192. The highest BCUT2D eigenvalue weighted by Gasteiger charge is 2.61. The van der Waals surface area contributed by atoms with Gasteiger partial charge in [0.2, 0.25) is 16.7 Å². The zero-order chi connectivity index (χ0) is 23.7. The number of nitrogens with zero attached hydrogens (tertiary/aromatic N) is 2. The van der Waals surface area contributed by atoms with Crippen LogP contribution in [0.25, 0.3) is 0 Å². The predicted molar refractivity (Wildman–Crippen MR) is 130 cm³/mol. The first kappa shape index (κ1) is 22.2. The van der Waals surface area contributed by atoms with Crippen molar-refractivity contribution < 1.29 is 18.8 Å². The van der Waals surface area contributed by atoms with Crippen molar-refractivity contribution in [3.05, 3.63) is 95.8 Å². The Morgan fingerprint density at radius 1 is 0.971 bits per heavy atom. The van der Waals surface area contributed by atoms with Crippen LogP contribution in [0.15, 0.2) is 78.9 Å². The number of anilines is 2. The highest BCUT2D eigenvalue weighted by molar-refractivity contribution is 8.02. The number of halogens is 1. The van der Waals surface area contributed by atoms with Gasteiger partial charge in [0.15, 0.2) is 0 Å². The van der Waals surface area contributed by atoms with Crippen LogP contribution >= 0.6 is 11.8 Å². The van der Waals surface area contributed by atoms with Crippen LogP contribution in [-0.2, 0) is 25.7 Å². The van der Waals surface area contributed by atoms with Gasteiger partial charge in [-0.15, -0.1) is 11.8 Å². The molecule has 0 unspecified atom stereocenters. The highest BCUT2D eigenvalue weighted by atomic mass is 32.2. The van der Waals surface area contributed by atoms with Crippen molar-refractivity contribution in [3.8, 4) is 0 Å². The molecule has 1 fully saturated rings. The summed E-state index contributed by atoms with van der Waals surface area (Å²) in [5.74, 6) is -1.20. The summed E-state index contributed by atoms with van der Waals surface area (Å²) in [6.07, 6.45) is 0.684. The Labute approximate surface area is 200 Å². The van der Waals surface area contributed by atoms with Crippen LogP contribution in [0.5, 0.6) is 0 Å². The van der Waals surface area contributed by atoms with Gasteiger partial charge in [-0.05, 0) is 42.3 Å². The molecular formula is C26H22FN3O3S. The van der Waals surface area contributed by atoms with Crippen molar-refractivity contribution in [1.29, 1.82) is 0 Å². The number of para-hydroxylation sites is 1. The van der Waals surface area contributed by atoms with Crippen LogP contribution < -0.4 is 15.1 Å². The maximum atomic E-state index is 13.9. The number of hydrogen-bond acceptors (Lipinski definition) is 4. The molecule has 1 spiro atoms. The third-order valence-corrected chi connectivity index (χ3v) is 7.42. The molecule has 3 aromatic rings. The Hall–Kier alpha value is -3.65. The third kappa shape index (κ3) is 3.74. The molecule has 0 bridgehead atoms. The summed E-state index contributed by atoms with van der Waals surface area (Å²) in [7, 11) is 0. The van der Waals surface area contributed by atoms with Crippen molar-refractivity contribution in [1.82, 2.24) is 5.32 Å². The molecule has 1 N–H and O–H groups in total. The zero-order valence-corrected chi connectivity index (χ0v) is 19.1. The second kappa shape index (κ2) is 8.95. The minimum atomic E-state index is -1.32. The standard InChI is InChI=1S/C26H22FN3O3S/c27-19-10-12-20(13-11-19)30-24(32)17-34-26(30)21-8-4-5-9-22(21)29(25(26)33)16-23(31)28-15-14-18-6-2-1-3-7-18/h1-13H,14-17H2,(H,28,31)/t26-/m1/s1. The zero-order valence-electron chi connectivity index (χ0n) is 18.2. The van der Waals surface area contributed by atoms with E-state index in [0.29, 0.717) is 29.9 Å². The van der Waals surface area contributed by atoms with Crippen LogP contribution in [0.4, 0.5) is 15.8 Å². The molecule has 2 heterocycles. The van der Waals surface area contributed by atoms with Crippen LogP contribution in [0.2, 0.25) is 0 Å². The second-order valence-electron chi connectivity index (χ2n) is 8.13. The largest absolute Gasteiger partial charge is 0.354 e. The predicted octanol–water partition coefficient (Wildman–Crippen LogP) is 3.46. The molecule has 2 aliphatic heterocycles. The molecule has 0 radical (unpaired) electrons. The Balaban J connectivity index is 1.40. The first-order valence-electron chi connectivity index (χ1n) is 11.0. The van der Waals surface area contributed by atoms with E-state index in [1.807, 2.05) is 42.5 Å². The molecule has 34 heavy (non-hydrogen) atoms.